The van der Waals surface area contributed by atoms with Crippen molar-refractivity contribution in [1.82, 2.24) is 9.80 Å². The van der Waals surface area contributed by atoms with Gasteiger partial charge in [0.2, 0.25) is 0 Å². The molecule has 1 unspecified atom stereocenters. The fourth-order valence-corrected chi connectivity index (χ4v) is 3.21. The third kappa shape index (κ3) is 3.28. The van der Waals surface area contributed by atoms with Crippen molar-refractivity contribution in [1.29, 1.82) is 0 Å². The van der Waals surface area contributed by atoms with Crippen LogP contribution in [0.4, 0.5) is 0 Å². The van der Waals surface area contributed by atoms with Gasteiger partial charge < -0.3 is 9.80 Å². The third-order valence-electron chi connectivity index (χ3n) is 3.89. The molecule has 1 saturated heterocycles. The molecule has 1 aromatic carbocycles. The zero-order valence-corrected chi connectivity index (χ0v) is 14.0. The van der Waals surface area contributed by atoms with E-state index in [2.05, 4.69) is 34.5 Å². The Labute approximate surface area is 129 Å². The van der Waals surface area contributed by atoms with Gasteiger partial charge in [0.1, 0.15) is 0 Å². The van der Waals surface area contributed by atoms with Crippen molar-refractivity contribution in [2.45, 2.75) is 25.8 Å². The minimum atomic E-state index is 0.147. The number of carbonyl (C=O) groups is 1. The van der Waals surface area contributed by atoms with Gasteiger partial charge in [-0.2, -0.15) is 0 Å². The Balaban J connectivity index is 2.16. The van der Waals surface area contributed by atoms with E-state index in [1.54, 1.807) is 0 Å². The van der Waals surface area contributed by atoms with E-state index in [0.717, 1.165) is 28.6 Å². The topological polar surface area (TPSA) is 23.6 Å². The van der Waals surface area contributed by atoms with Gasteiger partial charge in [-0.3, -0.25) is 4.79 Å². The molecule has 0 saturated carbocycles. The molecule has 0 N–H and O–H groups in total. The van der Waals surface area contributed by atoms with Crippen molar-refractivity contribution in [3.8, 4) is 0 Å². The summed E-state index contributed by atoms with van der Waals surface area (Å²) in [4.78, 5) is 16.9. The van der Waals surface area contributed by atoms with Crippen LogP contribution in [0.15, 0.2) is 18.2 Å². The lowest BCUT2D eigenvalue weighted by molar-refractivity contribution is 0.0643. The van der Waals surface area contributed by atoms with Crippen LogP contribution >= 0.6 is 22.6 Å². The van der Waals surface area contributed by atoms with Crippen LogP contribution < -0.4 is 0 Å². The standard InChI is InChI=1S/C15H21IN2O/c1-11-6-4-8-13(14(11)16)15(19)18(3)12-7-5-9-17(2)10-12/h4,6,8,12H,5,7,9-10H2,1-3H3. The van der Waals surface area contributed by atoms with Crippen LogP contribution in [0, 0.1) is 10.5 Å². The summed E-state index contributed by atoms with van der Waals surface area (Å²) in [6.45, 7) is 4.16. The predicted octanol–water partition coefficient (Wildman–Crippen LogP) is 2.77. The second kappa shape index (κ2) is 6.22. The molecular formula is C15H21IN2O. The molecule has 1 amide bonds. The highest BCUT2D eigenvalue weighted by Gasteiger charge is 2.26. The molecule has 1 heterocycles. The van der Waals surface area contributed by atoms with Gasteiger partial charge >= 0.3 is 0 Å². The zero-order valence-electron chi connectivity index (χ0n) is 11.8. The normalized spacial score (nSPS) is 20.3. The Morgan fingerprint density at radius 3 is 2.89 bits per heavy atom. The maximum atomic E-state index is 12.6. The van der Waals surface area contributed by atoms with Gasteiger partial charge in [0.05, 0.1) is 5.56 Å². The molecule has 0 bridgehead atoms. The largest absolute Gasteiger partial charge is 0.337 e. The van der Waals surface area contributed by atoms with Gasteiger partial charge in [-0.15, -0.1) is 0 Å². The quantitative estimate of drug-likeness (QED) is 0.746. The number of piperidine rings is 1. The van der Waals surface area contributed by atoms with E-state index in [1.807, 2.05) is 37.1 Å². The number of aryl methyl sites for hydroxylation is 1. The number of nitrogens with zero attached hydrogens (tertiary/aromatic N) is 2. The van der Waals surface area contributed by atoms with Gasteiger partial charge in [-0.1, -0.05) is 12.1 Å². The first kappa shape index (κ1) is 14.8. The zero-order chi connectivity index (χ0) is 14.0. The fourth-order valence-electron chi connectivity index (χ4n) is 2.62. The summed E-state index contributed by atoms with van der Waals surface area (Å²) in [6, 6.07) is 6.28. The molecule has 0 radical (unpaired) electrons. The van der Waals surface area contributed by atoms with Crippen molar-refractivity contribution in [3.63, 3.8) is 0 Å². The average molecular weight is 372 g/mol. The van der Waals surface area contributed by atoms with Crippen LogP contribution in [0.3, 0.4) is 0 Å². The first-order chi connectivity index (χ1) is 9.00. The van der Waals surface area contributed by atoms with Crippen LogP contribution in [0.25, 0.3) is 0 Å². The molecule has 3 nitrogen and oxygen atoms in total. The first-order valence-corrected chi connectivity index (χ1v) is 7.79. The van der Waals surface area contributed by atoms with Gasteiger partial charge in [0, 0.05) is 23.2 Å². The number of halogens is 1. The van der Waals surface area contributed by atoms with E-state index < -0.39 is 0 Å². The van der Waals surface area contributed by atoms with E-state index in [0.29, 0.717) is 6.04 Å². The molecular weight excluding hydrogens is 351 g/mol. The molecule has 1 fully saturated rings. The monoisotopic (exact) mass is 372 g/mol. The Morgan fingerprint density at radius 2 is 2.21 bits per heavy atom. The van der Waals surface area contributed by atoms with Crippen LogP contribution in [0.5, 0.6) is 0 Å². The number of carbonyl (C=O) groups excluding carboxylic acids is 1. The Hall–Kier alpha value is -0.620. The van der Waals surface area contributed by atoms with E-state index >= 15 is 0 Å². The fraction of sp³-hybridized carbons (Fsp3) is 0.533. The van der Waals surface area contributed by atoms with Crippen LogP contribution in [-0.4, -0.2) is 48.9 Å². The maximum absolute atomic E-state index is 12.6. The molecule has 19 heavy (non-hydrogen) atoms. The molecule has 0 aliphatic carbocycles. The molecule has 1 aliphatic heterocycles. The summed E-state index contributed by atoms with van der Waals surface area (Å²) in [7, 11) is 4.06. The van der Waals surface area contributed by atoms with Crippen molar-refractivity contribution < 1.29 is 4.79 Å². The molecule has 104 valence electrons. The first-order valence-electron chi connectivity index (χ1n) is 6.71. The highest BCUT2D eigenvalue weighted by atomic mass is 127. The lowest BCUT2D eigenvalue weighted by atomic mass is 10.0. The number of likely N-dealkylation sites (N-methyl/N-ethyl adjacent to an activating group) is 2. The predicted molar refractivity (Wildman–Crippen MR) is 86.5 cm³/mol. The number of rotatable bonds is 2. The van der Waals surface area contributed by atoms with Crippen LogP contribution in [0.1, 0.15) is 28.8 Å². The van der Waals surface area contributed by atoms with Crippen molar-refractivity contribution in [2.24, 2.45) is 0 Å². The van der Waals surface area contributed by atoms with E-state index in [-0.39, 0.29) is 5.91 Å². The maximum Gasteiger partial charge on any atom is 0.254 e. The molecule has 1 atom stereocenters. The minimum Gasteiger partial charge on any atom is -0.337 e. The third-order valence-corrected chi connectivity index (χ3v) is 5.32. The number of amides is 1. The second-order valence-corrected chi connectivity index (χ2v) is 6.49. The Kier molecular flexibility index (Phi) is 4.84. The van der Waals surface area contributed by atoms with Crippen molar-refractivity contribution >= 4 is 28.5 Å². The van der Waals surface area contributed by atoms with Gasteiger partial charge in [0.25, 0.3) is 5.91 Å². The van der Waals surface area contributed by atoms with E-state index in [4.69, 9.17) is 0 Å². The summed E-state index contributed by atoms with van der Waals surface area (Å²) in [5.74, 6) is 0.147. The molecule has 0 aromatic heterocycles. The van der Waals surface area contributed by atoms with Gasteiger partial charge in [0.15, 0.2) is 0 Å². The van der Waals surface area contributed by atoms with E-state index in [1.165, 1.54) is 12.0 Å². The Bertz CT molecular complexity index is 475. The summed E-state index contributed by atoms with van der Waals surface area (Å²) in [5, 5.41) is 0. The minimum absolute atomic E-state index is 0.147. The SMILES string of the molecule is Cc1cccc(C(=O)N(C)C2CCCN(C)C2)c1I. The number of benzene rings is 1. The van der Waals surface area contributed by atoms with Crippen LogP contribution in [-0.2, 0) is 0 Å². The lowest BCUT2D eigenvalue weighted by Gasteiger charge is -2.36. The van der Waals surface area contributed by atoms with Crippen LogP contribution in [0.2, 0.25) is 0 Å². The average Bonchev–Trinajstić information content (AvgIpc) is 2.40. The molecule has 1 aliphatic rings. The lowest BCUT2D eigenvalue weighted by Crippen LogP contribution is -2.47. The summed E-state index contributed by atoms with van der Waals surface area (Å²) in [6.07, 6.45) is 2.28. The molecule has 0 spiro atoms. The van der Waals surface area contributed by atoms with Crippen molar-refractivity contribution in [2.75, 3.05) is 27.2 Å². The molecule has 4 heteroatoms. The van der Waals surface area contributed by atoms with E-state index in [9.17, 15) is 4.79 Å². The summed E-state index contributed by atoms with van der Waals surface area (Å²) >= 11 is 2.27. The highest BCUT2D eigenvalue weighted by molar-refractivity contribution is 14.1. The molecule has 2 rings (SSSR count). The Morgan fingerprint density at radius 1 is 1.47 bits per heavy atom. The van der Waals surface area contributed by atoms with Gasteiger partial charge in [-0.05, 0) is 67.6 Å². The van der Waals surface area contributed by atoms with Crippen molar-refractivity contribution in [3.05, 3.63) is 32.9 Å². The van der Waals surface area contributed by atoms with Gasteiger partial charge in [-0.25, -0.2) is 0 Å². The molecule has 1 aromatic rings. The second-order valence-electron chi connectivity index (χ2n) is 5.41. The number of hydrogen-bond acceptors (Lipinski definition) is 2. The smallest absolute Gasteiger partial charge is 0.254 e. The summed E-state index contributed by atoms with van der Waals surface area (Å²) < 4.78 is 1.07. The summed E-state index contributed by atoms with van der Waals surface area (Å²) in [5.41, 5.74) is 2.00. The number of hydrogen-bond donors (Lipinski definition) is 0. The number of likely N-dealkylation sites (tertiary alicyclic amines) is 1. The highest BCUT2D eigenvalue weighted by Crippen LogP contribution is 2.21.